The predicted molar refractivity (Wildman–Crippen MR) is 86.4 cm³/mol. The molecule has 0 aliphatic heterocycles. The van der Waals surface area contributed by atoms with Crippen LogP contribution in [0.15, 0.2) is 42.7 Å². The third-order valence-electron chi connectivity index (χ3n) is 3.52. The summed E-state index contributed by atoms with van der Waals surface area (Å²) >= 11 is 0. The molecule has 0 bridgehead atoms. The molecule has 1 aromatic heterocycles. The Morgan fingerprint density at radius 2 is 2.00 bits per heavy atom. The molecule has 3 N–H and O–H groups in total. The van der Waals surface area contributed by atoms with Crippen LogP contribution in [0.3, 0.4) is 0 Å². The van der Waals surface area contributed by atoms with E-state index >= 15 is 0 Å². The quantitative estimate of drug-likeness (QED) is 0.821. The van der Waals surface area contributed by atoms with Gasteiger partial charge >= 0.3 is 0 Å². The maximum Gasteiger partial charge on any atom is 0.118 e. The Hall–Kier alpha value is -2.07. The van der Waals surface area contributed by atoms with Crippen molar-refractivity contribution in [3.63, 3.8) is 0 Å². The van der Waals surface area contributed by atoms with Crippen LogP contribution in [0.5, 0.6) is 5.75 Å². The van der Waals surface area contributed by atoms with Crippen molar-refractivity contribution < 1.29 is 4.74 Å². The summed E-state index contributed by atoms with van der Waals surface area (Å²) in [7, 11) is 1.68. The summed E-state index contributed by atoms with van der Waals surface area (Å²) in [6.07, 6.45) is 5.49. The van der Waals surface area contributed by atoms with Gasteiger partial charge in [-0.25, -0.2) is 0 Å². The first-order chi connectivity index (χ1) is 10.2. The molecular weight excluding hydrogens is 262 g/mol. The fraction of sp³-hybridized carbons (Fsp3) is 0.353. The molecule has 0 radical (unpaired) electrons. The van der Waals surface area contributed by atoms with Crippen molar-refractivity contribution in [1.82, 2.24) is 10.3 Å². The molecular formula is C17H23N3O. The minimum absolute atomic E-state index is 0.224. The number of nitrogen functional groups attached to an aromatic ring is 1. The summed E-state index contributed by atoms with van der Waals surface area (Å²) in [6.45, 7) is 3.13. The summed E-state index contributed by atoms with van der Waals surface area (Å²) in [5.41, 5.74) is 9.13. The van der Waals surface area contributed by atoms with Crippen LogP contribution in [0.4, 0.5) is 5.69 Å². The highest BCUT2D eigenvalue weighted by atomic mass is 16.5. The standard InChI is InChI=1S/C17H23N3O/c1-3-9-20-17(11-14-12-19-10-8-16(14)18)13-4-6-15(21-2)7-5-13/h4-8,10,12,17,20H,3,9,11H2,1-2H3,(H2,18,19). The highest BCUT2D eigenvalue weighted by Crippen LogP contribution is 2.23. The lowest BCUT2D eigenvalue weighted by molar-refractivity contribution is 0.414. The van der Waals surface area contributed by atoms with Gasteiger partial charge in [-0.3, -0.25) is 4.98 Å². The highest BCUT2D eigenvalue weighted by molar-refractivity contribution is 5.45. The number of nitrogens with one attached hydrogen (secondary N) is 1. The maximum atomic E-state index is 6.03. The van der Waals surface area contributed by atoms with E-state index < -0.39 is 0 Å². The van der Waals surface area contributed by atoms with Crippen LogP contribution in [-0.2, 0) is 6.42 Å². The number of hydrogen-bond acceptors (Lipinski definition) is 4. The van der Waals surface area contributed by atoms with Gasteiger partial charge in [0.1, 0.15) is 5.75 Å². The van der Waals surface area contributed by atoms with Crippen LogP contribution in [0.2, 0.25) is 0 Å². The Morgan fingerprint density at radius 1 is 1.24 bits per heavy atom. The molecule has 0 spiro atoms. The van der Waals surface area contributed by atoms with Gasteiger partial charge in [0, 0.05) is 24.1 Å². The SMILES string of the molecule is CCCNC(Cc1cnccc1N)c1ccc(OC)cc1. The van der Waals surface area contributed by atoms with E-state index in [1.807, 2.05) is 24.4 Å². The second-order valence-corrected chi connectivity index (χ2v) is 5.06. The van der Waals surface area contributed by atoms with Crippen molar-refractivity contribution in [3.8, 4) is 5.75 Å². The molecule has 1 atom stereocenters. The molecule has 0 amide bonds. The van der Waals surface area contributed by atoms with Crippen molar-refractivity contribution in [2.45, 2.75) is 25.8 Å². The Kier molecular flexibility index (Phi) is 5.58. The summed E-state index contributed by atoms with van der Waals surface area (Å²) in [5.74, 6) is 0.869. The topological polar surface area (TPSA) is 60.2 Å². The zero-order valence-electron chi connectivity index (χ0n) is 12.7. The first kappa shape index (κ1) is 15.3. The fourth-order valence-electron chi connectivity index (χ4n) is 2.29. The summed E-state index contributed by atoms with van der Waals surface area (Å²) < 4.78 is 5.22. The molecule has 2 rings (SSSR count). The van der Waals surface area contributed by atoms with E-state index in [2.05, 4.69) is 29.4 Å². The third-order valence-corrected chi connectivity index (χ3v) is 3.52. The molecule has 0 aliphatic carbocycles. The minimum Gasteiger partial charge on any atom is -0.497 e. The molecule has 0 saturated carbocycles. The summed E-state index contributed by atoms with van der Waals surface area (Å²) in [5, 5.41) is 3.57. The van der Waals surface area contributed by atoms with E-state index in [-0.39, 0.29) is 6.04 Å². The zero-order valence-corrected chi connectivity index (χ0v) is 12.7. The molecule has 4 heteroatoms. The molecule has 21 heavy (non-hydrogen) atoms. The van der Waals surface area contributed by atoms with E-state index in [4.69, 9.17) is 10.5 Å². The van der Waals surface area contributed by atoms with Crippen LogP contribution < -0.4 is 15.8 Å². The average molecular weight is 285 g/mol. The van der Waals surface area contributed by atoms with Crippen molar-refractivity contribution >= 4 is 5.69 Å². The number of methoxy groups -OCH3 is 1. The predicted octanol–water partition coefficient (Wildman–Crippen LogP) is 2.96. The highest BCUT2D eigenvalue weighted by Gasteiger charge is 2.13. The molecule has 4 nitrogen and oxygen atoms in total. The molecule has 112 valence electrons. The van der Waals surface area contributed by atoms with E-state index in [0.717, 1.165) is 36.4 Å². The van der Waals surface area contributed by atoms with Gasteiger partial charge in [0.15, 0.2) is 0 Å². The zero-order chi connectivity index (χ0) is 15.1. The summed E-state index contributed by atoms with van der Waals surface area (Å²) in [4.78, 5) is 4.17. The normalized spacial score (nSPS) is 12.1. The van der Waals surface area contributed by atoms with Crippen LogP contribution in [0, 0.1) is 0 Å². The van der Waals surface area contributed by atoms with Crippen molar-refractivity contribution in [2.24, 2.45) is 0 Å². The smallest absolute Gasteiger partial charge is 0.118 e. The van der Waals surface area contributed by atoms with E-state index in [1.165, 1.54) is 5.56 Å². The van der Waals surface area contributed by atoms with Crippen LogP contribution >= 0.6 is 0 Å². The Bertz CT molecular complexity index is 554. The Labute approximate surface area is 126 Å². The number of anilines is 1. The van der Waals surface area contributed by atoms with E-state index in [1.54, 1.807) is 13.3 Å². The second-order valence-electron chi connectivity index (χ2n) is 5.06. The first-order valence-corrected chi connectivity index (χ1v) is 7.30. The second kappa shape index (κ2) is 7.64. The monoisotopic (exact) mass is 285 g/mol. The largest absolute Gasteiger partial charge is 0.497 e. The van der Waals surface area contributed by atoms with E-state index in [0.29, 0.717) is 0 Å². The van der Waals surface area contributed by atoms with Gasteiger partial charge in [-0.2, -0.15) is 0 Å². The number of rotatable bonds is 7. The lowest BCUT2D eigenvalue weighted by Crippen LogP contribution is -2.24. The number of aromatic nitrogens is 1. The number of nitrogens with zero attached hydrogens (tertiary/aromatic N) is 1. The number of nitrogens with two attached hydrogens (primary N) is 1. The Morgan fingerprint density at radius 3 is 2.62 bits per heavy atom. The first-order valence-electron chi connectivity index (χ1n) is 7.30. The minimum atomic E-state index is 0.224. The van der Waals surface area contributed by atoms with Gasteiger partial charge in [0.25, 0.3) is 0 Å². The third kappa shape index (κ3) is 4.20. The van der Waals surface area contributed by atoms with Gasteiger partial charge in [-0.1, -0.05) is 19.1 Å². The van der Waals surface area contributed by atoms with Gasteiger partial charge in [0.05, 0.1) is 7.11 Å². The molecule has 1 aromatic carbocycles. The molecule has 2 aromatic rings. The van der Waals surface area contributed by atoms with Gasteiger partial charge < -0.3 is 15.8 Å². The molecule has 0 aliphatic rings. The molecule has 1 unspecified atom stereocenters. The lowest BCUT2D eigenvalue weighted by atomic mass is 9.98. The number of benzene rings is 1. The van der Waals surface area contributed by atoms with Gasteiger partial charge in [-0.05, 0) is 48.7 Å². The average Bonchev–Trinajstić information content (AvgIpc) is 2.53. The van der Waals surface area contributed by atoms with Crippen LogP contribution in [0.25, 0.3) is 0 Å². The van der Waals surface area contributed by atoms with Crippen molar-refractivity contribution in [2.75, 3.05) is 19.4 Å². The molecule has 0 saturated heterocycles. The molecule has 1 heterocycles. The summed E-state index contributed by atoms with van der Waals surface area (Å²) in [6, 6.07) is 10.2. The van der Waals surface area contributed by atoms with Gasteiger partial charge in [-0.15, -0.1) is 0 Å². The van der Waals surface area contributed by atoms with Crippen molar-refractivity contribution in [3.05, 3.63) is 53.9 Å². The number of pyridine rings is 1. The van der Waals surface area contributed by atoms with Crippen LogP contribution in [0.1, 0.15) is 30.5 Å². The fourth-order valence-corrected chi connectivity index (χ4v) is 2.29. The van der Waals surface area contributed by atoms with Crippen molar-refractivity contribution in [1.29, 1.82) is 0 Å². The van der Waals surface area contributed by atoms with Crippen LogP contribution in [-0.4, -0.2) is 18.6 Å². The number of ether oxygens (including phenoxy) is 1. The van der Waals surface area contributed by atoms with Gasteiger partial charge in [0.2, 0.25) is 0 Å². The lowest BCUT2D eigenvalue weighted by Gasteiger charge is -2.20. The van der Waals surface area contributed by atoms with E-state index in [9.17, 15) is 0 Å². The maximum absolute atomic E-state index is 6.03. The Balaban J connectivity index is 2.18. The molecule has 0 fully saturated rings. The number of hydrogen-bond donors (Lipinski definition) is 2.